The van der Waals surface area contributed by atoms with Crippen molar-refractivity contribution in [1.29, 1.82) is 5.26 Å². The zero-order valence-corrected chi connectivity index (χ0v) is 7.70. The Morgan fingerprint density at radius 2 is 1.93 bits per heavy atom. The van der Waals surface area contributed by atoms with Crippen LogP contribution < -0.4 is 5.32 Å². The van der Waals surface area contributed by atoms with Gasteiger partial charge in [-0.15, -0.1) is 0 Å². The van der Waals surface area contributed by atoms with E-state index in [1.54, 1.807) is 6.20 Å². The van der Waals surface area contributed by atoms with E-state index in [1.165, 1.54) is 5.56 Å². The topological polar surface area (TPSA) is 35.8 Å². The van der Waals surface area contributed by atoms with Crippen molar-refractivity contribution >= 4 is 5.57 Å². The number of nitriles is 1. The Hall–Kier alpha value is -2.01. The summed E-state index contributed by atoms with van der Waals surface area (Å²) in [5, 5.41) is 11.8. The number of dihydropyridines is 1. The van der Waals surface area contributed by atoms with Gasteiger partial charge in [0, 0.05) is 24.4 Å². The minimum atomic E-state index is 0.716. The van der Waals surface area contributed by atoms with Crippen LogP contribution in [0.25, 0.3) is 5.57 Å². The van der Waals surface area contributed by atoms with Crippen LogP contribution in [0.1, 0.15) is 12.0 Å². The highest BCUT2D eigenvalue weighted by atomic mass is 14.8. The summed E-state index contributed by atoms with van der Waals surface area (Å²) >= 11 is 0. The second-order valence-electron chi connectivity index (χ2n) is 3.16. The number of hydrogen-bond donors (Lipinski definition) is 1. The maximum atomic E-state index is 8.77. The van der Waals surface area contributed by atoms with Crippen LogP contribution in [0.3, 0.4) is 0 Å². The Morgan fingerprint density at radius 1 is 1.14 bits per heavy atom. The maximum Gasteiger partial charge on any atom is 0.0965 e. The highest BCUT2D eigenvalue weighted by Gasteiger charge is 2.07. The Balaban J connectivity index is 2.23. The number of rotatable bonds is 1. The standard InChI is InChI=1S/C12H10N2/c13-7-10-6-12(9-14-8-10)11-4-2-1-3-5-11/h1-5,8-9,14H,6H2. The van der Waals surface area contributed by atoms with Crippen LogP contribution in [0.2, 0.25) is 0 Å². The summed E-state index contributed by atoms with van der Waals surface area (Å²) in [6.07, 6.45) is 4.40. The Labute approximate surface area is 83.2 Å². The van der Waals surface area contributed by atoms with Gasteiger partial charge in [0.2, 0.25) is 0 Å². The SMILES string of the molecule is N#CC1=CNC=C(c2ccccc2)C1. The molecule has 1 aromatic carbocycles. The van der Waals surface area contributed by atoms with E-state index in [4.69, 9.17) is 5.26 Å². The fraction of sp³-hybridized carbons (Fsp3) is 0.0833. The van der Waals surface area contributed by atoms with Gasteiger partial charge in [-0.1, -0.05) is 30.3 Å². The molecule has 1 aliphatic rings. The van der Waals surface area contributed by atoms with E-state index >= 15 is 0 Å². The smallest absolute Gasteiger partial charge is 0.0965 e. The third kappa shape index (κ3) is 1.67. The van der Waals surface area contributed by atoms with Crippen molar-refractivity contribution in [2.45, 2.75) is 6.42 Å². The van der Waals surface area contributed by atoms with Gasteiger partial charge in [-0.25, -0.2) is 0 Å². The summed E-state index contributed by atoms with van der Waals surface area (Å²) in [6, 6.07) is 12.2. The molecule has 0 amide bonds. The Kier molecular flexibility index (Phi) is 2.33. The molecule has 0 saturated carbocycles. The Morgan fingerprint density at radius 3 is 2.64 bits per heavy atom. The lowest BCUT2D eigenvalue weighted by Gasteiger charge is -2.11. The van der Waals surface area contributed by atoms with Gasteiger partial charge in [-0.3, -0.25) is 0 Å². The second-order valence-corrected chi connectivity index (χ2v) is 3.16. The van der Waals surface area contributed by atoms with E-state index in [9.17, 15) is 0 Å². The van der Waals surface area contributed by atoms with Gasteiger partial charge in [0.25, 0.3) is 0 Å². The molecule has 1 aliphatic heterocycles. The number of allylic oxidation sites excluding steroid dienone is 2. The van der Waals surface area contributed by atoms with Gasteiger partial charge < -0.3 is 5.32 Å². The third-order valence-electron chi connectivity index (χ3n) is 2.18. The summed E-state index contributed by atoms with van der Waals surface area (Å²) in [4.78, 5) is 0. The quantitative estimate of drug-likeness (QED) is 0.724. The van der Waals surface area contributed by atoms with E-state index in [-0.39, 0.29) is 0 Å². The van der Waals surface area contributed by atoms with E-state index in [2.05, 4.69) is 11.4 Å². The predicted octanol–water partition coefficient (Wildman–Crippen LogP) is 2.43. The molecule has 14 heavy (non-hydrogen) atoms. The Bertz CT molecular complexity index is 421. The molecule has 2 rings (SSSR count). The van der Waals surface area contributed by atoms with Crippen LogP contribution >= 0.6 is 0 Å². The minimum Gasteiger partial charge on any atom is -0.366 e. The van der Waals surface area contributed by atoms with Crippen LogP contribution in [-0.2, 0) is 0 Å². The molecule has 0 fully saturated rings. The van der Waals surface area contributed by atoms with E-state index in [0.29, 0.717) is 6.42 Å². The first-order chi connectivity index (χ1) is 6.90. The molecule has 0 aromatic heterocycles. The molecule has 2 heteroatoms. The molecule has 2 nitrogen and oxygen atoms in total. The van der Waals surface area contributed by atoms with E-state index < -0.39 is 0 Å². The van der Waals surface area contributed by atoms with Gasteiger partial charge >= 0.3 is 0 Å². The van der Waals surface area contributed by atoms with Crippen molar-refractivity contribution in [3.63, 3.8) is 0 Å². The van der Waals surface area contributed by atoms with Gasteiger partial charge in [0.15, 0.2) is 0 Å². The average molecular weight is 182 g/mol. The first-order valence-corrected chi connectivity index (χ1v) is 4.50. The summed E-state index contributed by atoms with van der Waals surface area (Å²) in [5.41, 5.74) is 3.09. The normalized spacial score (nSPS) is 14.8. The van der Waals surface area contributed by atoms with Gasteiger partial charge in [0.05, 0.1) is 6.07 Å². The highest BCUT2D eigenvalue weighted by Crippen LogP contribution is 2.23. The monoisotopic (exact) mass is 182 g/mol. The molecule has 0 unspecified atom stereocenters. The zero-order chi connectivity index (χ0) is 9.80. The molecule has 1 N–H and O–H groups in total. The molecular weight excluding hydrogens is 172 g/mol. The largest absolute Gasteiger partial charge is 0.366 e. The molecule has 68 valence electrons. The summed E-state index contributed by atoms with van der Waals surface area (Å²) in [7, 11) is 0. The van der Waals surface area contributed by atoms with Crippen molar-refractivity contribution < 1.29 is 0 Å². The molecule has 0 saturated heterocycles. The molecule has 0 radical (unpaired) electrons. The predicted molar refractivity (Wildman–Crippen MR) is 55.9 cm³/mol. The lowest BCUT2D eigenvalue weighted by molar-refractivity contribution is 1.09. The van der Waals surface area contributed by atoms with Crippen LogP contribution in [0.4, 0.5) is 0 Å². The third-order valence-corrected chi connectivity index (χ3v) is 2.18. The van der Waals surface area contributed by atoms with Crippen LogP contribution in [-0.4, -0.2) is 0 Å². The zero-order valence-electron chi connectivity index (χ0n) is 7.70. The van der Waals surface area contributed by atoms with Crippen molar-refractivity contribution in [2.75, 3.05) is 0 Å². The molecule has 0 bridgehead atoms. The van der Waals surface area contributed by atoms with E-state index in [1.807, 2.05) is 36.5 Å². The van der Waals surface area contributed by atoms with E-state index in [0.717, 1.165) is 11.1 Å². The number of nitrogens with one attached hydrogen (secondary N) is 1. The van der Waals surface area contributed by atoms with Gasteiger partial charge in [-0.05, 0) is 11.1 Å². The molecule has 1 aromatic rings. The lowest BCUT2D eigenvalue weighted by Crippen LogP contribution is -2.04. The first-order valence-electron chi connectivity index (χ1n) is 4.50. The molecule has 0 aliphatic carbocycles. The van der Waals surface area contributed by atoms with Gasteiger partial charge in [-0.2, -0.15) is 5.26 Å². The maximum absolute atomic E-state index is 8.77. The van der Waals surface area contributed by atoms with Crippen LogP contribution in [0.5, 0.6) is 0 Å². The fourth-order valence-electron chi connectivity index (χ4n) is 1.46. The first kappa shape index (κ1) is 8.58. The molecular formula is C12H10N2. The summed E-state index contributed by atoms with van der Waals surface area (Å²) in [6.45, 7) is 0. The van der Waals surface area contributed by atoms with Crippen molar-refractivity contribution in [1.82, 2.24) is 5.32 Å². The van der Waals surface area contributed by atoms with Crippen molar-refractivity contribution in [3.05, 3.63) is 53.9 Å². The fourth-order valence-corrected chi connectivity index (χ4v) is 1.46. The number of nitrogens with zero attached hydrogens (tertiary/aromatic N) is 1. The van der Waals surface area contributed by atoms with Crippen LogP contribution in [0.15, 0.2) is 48.3 Å². The number of hydrogen-bond acceptors (Lipinski definition) is 2. The second kappa shape index (κ2) is 3.80. The van der Waals surface area contributed by atoms with Crippen molar-refractivity contribution in [2.24, 2.45) is 0 Å². The van der Waals surface area contributed by atoms with Crippen LogP contribution in [0, 0.1) is 11.3 Å². The lowest BCUT2D eigenvalue weighted by atomic mass is 9.98. The summed E-state index contributed by atoms with van der Waals surface area (Å²) in [5.74, 6) is 0. The van der Waals surface area contributed by atoms with Crippen molar-refractivity contribution in [3.8, 4) is 6.07 Å². The average Bonchev–Trinajstić information content (AvgIpc) is 2.30. The number of benzene rings is 1. The molecule has 1 heterocycles. The summed E-state index contributed by atoms with van der Waals surface area (Å²) < 4.78 is 0. The highest BCUT2D eigenvalue weighted by molar-refractivity contribution is 5.69. The minimum absolute atomic E-state index is 0.716. The molecule has 0 atom stereocenters. The molecule has 0 spiro atoms. The van der Waals surface area contributed by atoms with Gasteiger partial charge in [0.1, 0.15) is 0 Å².